The second-order valence-corrected chi connectivity index (χ2v) is 3.04. The maximum Gasteiger partial charge on any atom is 0.266 e. The molecule has 0 atom stereocenters. The van der Waals surface area contributed by atoms with Crippen LogP contribution in [0, 0.1) is 0 Å². The van der Waals surface area contributed by atoms with Gasteiger partial charge in [0.1, 0.15) is 5.15 Å². The maximum absolute atomic E-state index is 12.1. The molecule has 1 aromatic heterocycles. The average Bonchev–Trinajstić information content (AvgIpc) is 2.03. The first-order valence-corrected chi connectivity index (χ1v) is 4.64. The van der Waals surface area contributed by atoms with Crippen LogP contribution >= 0.6 is 27.5 Å². The van der Waals surface area contributed by atoms with Gasteiger partial charge in [0.15, 0.2) is 0 Å². The molecular weight excluding hydrogens is 251 g/mol. The zero-order valence-electron chi connectivity index (χ0n) is 5.90. The molecule has 0 saturated carbocycles. The van der Waals surface area contributed by atoms with Crippen LogP contribution in [0.15, 0.2) is 12.1 Å². The molecule has 0 aromatic carbocycles. The standard InChI is InChI=1S/C7H5BrClF2N/c8-3-4-1-2-5(7(10)11)6(9)12-4/h1-2,7H,3H2. The van der Waals surface area contributed by atoms with Crippen molar-refractivity contribution >= 4 is 27.5 Å². The summed E-state index contributed by atoms with van der Waals surface area (Å²) in [6, 6.07) is 2.80. The Morgan fingerprint density at radius 3 is 2.58 bits per heavy atom. The molecule has 0 spiro atoms. The van der Waals surface area contributed by atoms with Gasteiger partial charge < -0.3 is 0 Å². The molecule has 5 heteroatoms. The summed E-state index contributed by atoms with van der Waals surface area (Å²) in [5, 5.41) is 0.387. The van der Waals surface area contributed by atoms with Gasteiger partial charge in [0.25, 0.3) is 6.43 Å². The van der Waals surface area contributed by atoms with E-state index in [-0.39, 0.29) is 10.7 Å². The summed E-state index contributed by atoms with van der Waals surface area (Å²) in [7, 11) is 0. The third kappa shape index (κ3) is 2.14. The first-order chi connectivity index (χ1) is 5.65. The molecular formula is C7H5BrClF2N. The van der Waals surface area contributed by atoms with Gasteiger partial charge >= 0.3 is 0 Å². The minimum atomic E-state index is -2.56. The topological polar surface area (TPSA) is 12.9 Å². The SMILES string of the molecule is FC(F)c1ccc(CBr)nc1Cl. The fourth-order valence-corrected chi connectivity index (χ4v) is 1.29. The fourth-order valence-electron chi connectivity index (χ4n) is 0.720. The minimum Gasteiger partial charge on any atom is -0.240 e. The van der Waals surface area contributed by atoms with Gasteiger partial charge in [-0.1, -0.05) is 27.5 Å². The number of rotatable bonds is 2. The summed E-state index contributed by atoms with van der Waals surface area (Å²) in [5.41, 5.74) is 0.422. The lowest BCUT2D eigenvalue weighted by atomic mass is 10.2. The van der Waals surface area contributed by atoms with Gasteiger partial charge in [-0.3, -0.25) is 0 Å². The van der Waals surface area contributed by atoms with Crippen LogP contribution in [0.4, 0.5) is 8.78 Å². The third-order valence-electron chi connectivity index (χ3n) is 1.31. The summed E-state index contributed by atoms with van der Waals surface area (Å²) in [4.78, 5) is 3.75. The second-order valence-electron chi connectivity index (χ2n) is 2.12. The van der Waals surface area contributed by atoms with Crippen molar-refractivity contribution in [3.8, 4) is 0 Å². The highest BCUT2D eigenvalue weighted by Crippen LogP contribution is 2.25. The molecule has 66 valence electrons. The van der Waals surface area contributed by atoms with Gasteiger partial charge in [0.2, 0.25) is 0 Å². The minimum absolute atomic E-state index is 0.123. The van der Waals surface area contributed by atoms with E-state index in [9.17, 15) is 8.78 Å². The Bertz CT molecular complexity index is 280. The van der Waals surface area contributed by atoms with E-state index in [1.165, 1.54) is 12.1 Å². The third-order valence-corrected chi connectivity index (χ3v) is 2.18. The summed E-state index contributed by atoms with van der Waals surface area (Å²) in [5.74, 6) is 0. The number of hydrogen-bond acceptors (Lipinski definition) is 1. The van der Waals surface area contributed by atoms with Crippen LogP contribution in [0.3, 0.4) is 0 Å². The molecule has 0 bridgehead atoms. The Kier molecular flexibility index (Phi) is 3.40. The predicted octanol–water partition coefficient (Wildman–Crippen LogP) is 3.57. The molecule has 0 aliphatic heterocycles. The van der Waals surface area contributed by atoms with Crippen LogP contribution in [-0.4, -0.2) is 4.98 Å². The van der Waals surface area contributed by atoms with E-state index in [4.69, 9.17) is 11.6 Å². The van der Waals surface area contributed by atoms with Crippen LogP contribution in [-0.2, 0) is 5.33 Å². The number of pyridine rings is 1. The lowest BCUT2D eigenvalue weighted by Gasteiger charge is -2.02. The molecule has 1 heterocycles. The van der Waals surface area contributed by atoms with Crippen molar-refractivity contribution in [1.29, 1.82) is 0 Å². The molecule has 0 unspecified atom stereocenters. The number of aromatic nitrogens is 1. The second kappa shape index (κ2) is 4.14. The number of hydrogen-bond donors (Lipinski definition) is 0. The molecule has 0 radical (unpaired) electrons. The van der Waals surface area contributed by atoms with Gasteiger partial charge in [-0.2, -0.15) is 0 Å². The van der Waals surface area contributed by atoms with E-state index < -0.39 is 6.43 Å². The van der Waals surface area contributed by atoms with Gasteiger partial charge in [-0.25, -0.2) is 13.8 Å². The van der Waals surface area contributed by atoms with Gasteiger partial charge in [0, 0.05) is 5.33 Å². The molecule has 0 saturated heterocycles. The van der Waals surface area contributed by atoms with Crippen molar-refractivity contribution in [1.82, 2.24) is 4.98 Å². The number of halogens is 4. The van der Waals surface area contributed by atoms with Crippen molar-refractivity contribution in [3.63, 3.8) is 0 Å². The molecule has 0 amide bonds. The average molecular weight is 256 g/mol. The molecule has 1 rings (SSSR count). The van der Waals surface area contributed by atoms with Gasteiger partial charge in [0.05, 0.1) is 11.3 Å². The monoisotopic (exact) mass is 255 g/mol. The van der Waals surface area contributed by atoms with Crippen LogP contribution in [0.5, 0.6) is 0 Å². The maximum atomic E-state index is 12.1. The predicted molar refractivity (Wildman–Crippen MR) is 46.8 cm³/mol. The highest BCUT2D eigenvalue weighted by Gasteiger charge is 2.12. The highest BCUT2D eigenvalue weighted by molar-refractivity contribution is 9.08. The van der Waals surface area contributed by atoms with E-state index in [1.54, 1.807) is 0 Å². The lowest BCUT2D eigenvalue weighted by Crippen LogP contribution is -1.92. The van der Waals surface area contributed by atoms with E-state index in [0.717, 1.165) is 0 Å². The van der Waals surface area contributed by atoms with Crippen molar-refractivity contribution in [2.75, 3.05) is 0 Å². The van der Waals surface area contributed by atoms with Gasteiger partial charge in [-0.05, 0) is 12.1 Å². The largest absolute Gasteiger partial charge is 0.266 e. The van der Waals surface area contributed by atoms with Crippen molar-refractivity contribution in [2.45, 2.75) is 11.8 Å². The first kappa shape index (κ1) is 9.86. The molecule has 1 nitrogen and oxygen atoms in total. The molecule has 1 aromatic rings. The van der Waals surface area contributed by atoms with Gasteiger partial charge in [-0.15, -0.1) is 0 Å². The first-order valence-electron chi connectivity index (χ1n) is 3.14. The van der Waals surface area contributed by atoms with Crippen molar-refractivity contribution < 1.29 is 8.78 Å². The van der Waals surface area contributed by atoms with Crippen molar-refractivity contribution in [3.05, 3.63) is 28.5 Å². The smallest absolute Gasteiger partial charge is 0.240 e. The van der Waals surface area contributed by atoms with E-state index in [2.05, 4.69) is 20.9 Å². The summed E-state index contributed by atoms with van der Waals surface area (Å²) in [6.45, 7) is 0. The summed E-state index contributed by atoms with van der Waals surface area (Å²) < 4.78 is 24.3. The highest BCUT2D eigenvalue weighted by atomic mass is 79.9. The van der Waals surface area contributed by atoms with E-state index in [1.807, 2.05) is 0 Å². The Morgan fingerprint density at radius 2 is 2.17 bits per heavy atom. The normalized spacial score (nSPS) is 10.8. The molecule has 0 fully saturated rings. The van der Waals surface area contributed by atoms with Crippen LogP contribution in [0.1, 0.15) is 17.7 Å². The molecule has 0 aliphatic carbocycles. The number of nitrogens with zero attached hydrogens (tertiary/aromatic N) is 1. The molecule has 0 N–H and O–H groups in total. The van der Waals surface area contributed by atoms with E-state index >= 15 is 0 Å². The quantitative estimate of drug-likeness (QED) is 0.582. The zero-order valence-corrected chi connectivity index (χ0v) is 8.24. The fraction of sp³-hybridized carbons (Fsp3) is 0.286. The Hall–Kier alpha value is -0.220. The van der Waals surface area contributed by atoms with Crippen LogP contribution < -0.4 is 0 Å². The van der Waals surface area contributed by atoms with Crippen molar-refractivity contribution in [2.24, 2.45) is 0 Å². The van der Waals surface area contributed by atoms with E-state index in [0.29, 0.717) is 11.0 Å². The summed E-state index contributed by atoms with van der Waals surface area (Å²) in [6.07, 6.45) is -2.56. The molecule has 0 aliphatic rings. The summed E-state index contributed by atoms with van der Waals surface area (Å²) >= 11 is 8.64. The lowest BCUT2D eigenvalue weighted by molar-refractivity contribution is 0.151. The Labute approximate surface area is 81.9 Å². The number of alkyl halides is 3. The Morgan fingerprint density at radius 1 is 1.50 bits per heavy atom. The van der Waals surface area contributed by atoms with Crippen LogP contribution in [0.2, 0.25) is 5.15 Å². The molecule has 12 heavy (non-hydrogen) atoms. The Balaban J connectivity index is 3.03. The van der Waals surface area contributed by atoms with Crippen LogP contribution in [0.25, 0.3) is 0 Å². The zero-order chi connectivity index (χ0) is 9.14.